The van der Waals surface area contributed by atoms with Gasteiger partial charge in [0.2, 0.25) is 5.95 Å². The van der Waals surface area contributed by atoms with Crippen LogP contribution in [-0.2, 0) is 14.6 Å². The monoisotopic (exact) mass is 418 g/mol. The van der Waals surface area contributed by atoms with Crippen LogP contribution in [0.2, 0.25) is 0 Å². The molecule has 1 aliphatic rings. The maximum atomic E-state index is 11.5. The number of hydrogen-bond acceptors (Lipinski definition) is 7. The first kappa shape index (κ1) is 20.7. The van der Waals surface area contributed by atoms with Gasteiger partial charge in [-0.1, -0.05) is 24.3 Å². The molecule has 2 aromatic rings. The van der Waals surface area contributed by atoms with Crippen molar-refractivity contribution in [2.75, 3.05) is 18.2 Å². The Balaban J connectivity index is 1.66. The van der Waals surface area contributed by atoms with Crippen LogP contribution < -0.4 is 5.32 Å². The third-order valence-electron chi connectivity index (χ3n) is 4.46. The summed E-state index contributed by atoms with van der Waals surface area (Å²) in [6.07, 6.45) is 6.22. The Morgan fingerprint density at radius 3 is 2.45 bits per heavy atom. The van der Waals surface area contributed by atoms with Crippen molar-refractivity contribution in [2.45, 2.75) is 30.5 Å². The Hall–Kier alpha value is -2.98. The Morgan fingerprint density at radius 2 is 1.90 bits per heavy atom. The molecule has 1 atom stereocenters. The number of carboxylic acid groups (broad SMARTS) is 1. The SMILES string of the molecule is CC1(C)OC[C@H](C=Cc2ccc(Nc3ncc(S(C)(=O)=O)cn3)cc2)N1C(=O)O. The molecule has 0 unspecified atom stereocenters. The first-order valence-corrected chi connectivity index (χ1v) is 10.7. The van der Waals surface area contributed by atoms with Crippen molar-refractivity contribution < 1.29 is 23.1 Å². The van der Waals surface area contributed by atoms with Crippen molar-refractivity contribution in [3.05, 3.63) is 48.3 Å². The number of aromatic nitrogens is 2. The van der Waals surface area contributed by atoms with Crippen LogP contribution in [0.15, 0.2) is 47.6 Å². The number of anilines is 2. The minimum atomic E-state index is -3.34. The molecule has 3 rings (SSSR count). The third-order valence-corrected chi connectivity index (χ3v) is 5.53. The van der Waals surface area contributed by atoms with Gasteiger partial charge < -0.3 is 15.2 Å². The van der Waals surface area contributed by atoms with Gasteiger partial charge >= 0.3 is 6.09 Å². The molecule has 1 aromatic heterocycles. The molecule has 1 aromatic carbocycles. The van der Waals surface area contributed by atoms with Crippen molar-refractivity contribution >= 4 is 33.6 Å². The minimum absolute atomic E-state index is 0.0537. The normalized spacial score (nSPS) is 18.9. The van der Waals surface area contributed by atoms with E-state index in [-0.39, 0.29) is 16.9 Å². The zero-order valence-electron chi connectivity index (χ0n) is 16.2. The zero-order valence-corrected chi connectivity index (χ0v) is 17.0. The number of nitrogens with zero attached hydrogens (tertiary/aromatic N) is 3. The summed E-state index contributed by atoms with van der Waals surface area (Å²) in [4.78, 5) is 20.8. The second-order valence-electron chi connectivity index (χ2n) is 7.10. The minimum Gasteiger partial charge on any atom is -0.465 e. The molecule has 9 nitrogen and oxygen atoms in total. The molecule has 0 bridgehead atoms. The predicted octanol–water partition coefficient (Wildman–Crippen LogP) is 2.75. The summed E-state index contributed by atoms with van der Waals surface area (Å²) in [5.74, 6) is 0.281. The average Bonchev–Trinajstić information content (AvgIpc) is 2.95. The topological polar surface area (TPSA) is 122 Å². The van der Waals surface area contributed by atoms with Crippen LogP contribution in [0, 0.1) is 0 Å². The van der Waals surface area contributed by atoms with E-state index in [0.29, 0.717) is 6.61 Å². The van der Waals surface area contributed by atoms with Gasteiger partial charge in [-0.2, -0.15) is 0 Å². The second kappa shape index (κ2) is 7.80. The summed E-state index contributed by atoms with van der Waals surface area (Å²) < 4.78 is 28.4. The second-order valence-corrected chi connectivity index (χ2v) is 9.11. The van der Waals surface area contributed by atoms with Crippen LogP contribution in [0.3, 0.4) is 0 Å². The summed E-state index contributed by atoms with van der Waals surface area (Å²) in [5, 5.41) is 12.4. The fourth-order valence-corrected chi connectivity index (χ4v) is 3.44. The van der Waals surface area contributed by atoms with E-state index in [0.717, 1.165) is 17.5 Å². The van der Waals surface area contributed by atoms with Crippen LogP contribution in [0.4, 0.5) is 16.4 Å². The first-order valence-electron chi connectivity index (χ1n) is 8.80. The molecule has 1 saturated heterocycles. The summed E-state index contributed by atoms with van der Waals surface area (Å²) in [6, 6.07) is 6.99. The average molecular weight is 418 g/mol. The van der Waals surface area contributed by atoms with Crippen molar-refractivity contribution in [1.82, 2.24) is 14.9 Å². The maximum absolute atomic E-state index is 11.5. The molecule has 1 fully saturated rings. The molecule has 2 heterocycles. The first-order chi connectivity index (χ1) is 13.6. The van der Waals surface area contributed by atoms with Gasteiger partial charge in [-0.25, -0.2) is 23.2 Å². The summed E-state index contributed by atoms with van der Waals surface area (Å²) in [5.41, 5.74) is 0.757. The van der Waals surface area contributed by atoms with E-state index < -0.39 is 21.7 Å². The van der Waals surface area contributed by atoms with Crippen molar-refractivity contribution in [1.29, 1.82) is 0 Å². The predicted molar refractivity (Wildman–Crippen MR) is 108 cm³/mol. The van der Waals surface area contributed by atoms with E-state index in [1.54, 1.807) is 19.9 Å². The van der Waals surface area contributed by atoms with E-state index in [2.05, 4.69) is 15.3 Å². The van der Waals surface area contributed by atoms with Gasteiger partial charge in [-0.15, -0.1) is 0 Å². The fourth-order valence-electron chi connectivity index (χ4n) is 2.95. The van der Waals surface area contributed by atoms with E-state index in [4.69, 9.17) is 4.74 Å². The van der Waals surface area contributed by atoms with Gasteiger partial charge in [-0.3, -0.25) is 4.90 Å². The zero-order chi connectivity index (χ0) is 21.2. The van der Waals surface area contributed by atoms with E-state index in [1.165, 1.54) is 17.3 Å². The van der Waals surface area contributed by atoms with Gasteiger partial charge in [0.25, 0.3) is 0 Å². The summed E-state index contributed by atoms with van der Waals surface area (Å²) >= 11 is 0. The Kier molecular flexibility index (Phi) is 5.58. The lowest BCUT2D eigenvalue weighted by molar-refractivity contribution is -0.0409. The van der Waals surface area contributed by atoms with Gasteiger partial charge in [-0.05, 0) is 31.5 Å². The molecule has 0 saturated carbocycles. The molecular formula is C19H22N4O5S. The quantitative estimate of drug-likeness (QED) is 0.760. The summed E-state index contributed by atoms with van der Waals surface area (Å²) in [7, 11) is -3.34. The Morgan fingerprint density at radius 1 is 1.28 bits per heavy atom. The van der Waals surface area contributed by atoms with Crippen LogP contribution >= 0.6 is 0 Å². The largest absolute Gasteiger partial charge is 0.465 e. The van der Waals surface area contributed by atoms with Gasteiger partial charge in [0.15, 0.2) is 9.84 Å². The van der Waals surface area contributed by atoms with E-state index in [9.17, 15) is 18.3 Å². The number of amides is 1. The fraction of sp³-hybridized carbons (Fsp3) is 0.316. The van der Waals surface area contributed by atoms with Crippen molar-refractivity contribution in [3.63, 3.8) is 0 Å². The standard InChI is InChI=1S/C19H22N4O5S/c1-19(2)23(18(24)25)15(12-28-19)9-6-13-4-7-14(8-5-13)22-17-20-10-16(11-21-17)29(3,26)27/h4-11,15H,12H2,1-3H3,(H,24,25)(H,20,21,22)/t15-/m0/s1. The van der Waals surface area contributed by atoms with Crippen LogP contribution in [0.25, 0.3) is 6.08 Å². The molecule has 10 heteroatoms. The van der Waals surface area contributed by atoms with Crippen LogP contribution in [0.5, 0.6) is 0 Å². The van der Waals surface area contributed by atoms with Crippen molar-refractivity contribution in [3.8, 4) is 0 Å². The number of carbonyl (C=O) groups is 1. The lowest BCUT2D eigenvalue weighted by Gasteiger charge is -2.29. The smallest absolute Gasteiger partial charge is 0.410 e. The van der Waals surface area contributed by atoms with Gasteiger partial charge in [0.1, 0.15) is 10.6 Å². The van der Waals surface area contributed by atoms with E-state index >= 15 is 0 Å². The Labute approximate surface area is 169 Å². The maximum Gasteiger partial charge on any atom is 0.410 e. The molecule has 0 spiro atoms. The van der Waals surface area contributed by atoms with Crippen LogP contribution in [0.1, 0.15) is 19.4 Å². The lowest BCUT2D eigenvalue weighted by atomic mass is 10.1. The highest BCUT2D eigenvalue weighted by molar-refractivity contribution is 7.90. The van der Waals surface area contributed by atoms with Crippen molar-refractivity contribution in [2.24, 2.45) is 0 Å². The molecule has 29 heavy (non-hydrogen) atoms. The Bertz CT molecular complexity index is 1020. The highest BCUT2D eigenvalue weighted by Crippen LogP contribution is 2.28. The molecule has 1 aliphatic heterocycles. The highest BCUT2D eigenvalue weighted by atomic mass is 32.2. The number of ether oxygens (including phenoxy) is 1. The number of benzene rings is 1. The third kappa shape index (κ3) is 4.90. The lowest BCUT2D eigenvalue weighted by Crippen LogP contribution is -2.46. The molecule has 2 N–H and O–H groups in total. The molecule has 1 amide bonds. The van der Waals surface area contributed by atoms with E-state index in [1.807, 2.05) is 30.3 Å². The van der Waals surface area contributed by atoms with Gasteiger partial charge in [0.05, 0.1) is 25.0 Å². The molecule has 0 aliphatic carbocycles. The molecular weight excluding hydrogens is 396 g/mol. The van der Waals surface area contributed by atoms with Crippen LogP contribution in [-0.4, -0.2) is 59.1 Å². The number of hydrogen-bond donors (Lipinski definition) is 2. The summed E-state index contributed by atoms with van der Waals surface area (Å²) in [6.45, 7) is 3.75. The molecule has 0 radical (unpaired) electrons. The number of rotatable bonds is 5. The number of sulfone groups is 1. The van der Waals surface area contributed by atoms with Gasteiger partial charge in [0, 0.05) is 11.9 Å². The highest BCUT2D eigenvalue weighted by Gasteiger charge is 2.42. The number of nitrogens with one attached hydrogen (secondary N) is 1. The molecule has 154 valence electrons.